The second-order valence-corrected chi connectivity index (χ2v) is 5.17. The lowest BCUT2D eigenvalue weighted by molar-refractivity contribution is 0.281. The number of aromatic nitrogens is 4. The van der Waals surface area contributed by atoms with Crippen molar-refractivity contribution >= 4 is 17.0 Å². The Morgan fingerprint density at radius 1 is 1.27 bits per heavy atom. The van der Waals surface area contributed by atoms with Gasteiger partial charge in [0.2, 0.25) is 0 Å². The standard InChI is InChI=1S/C15H15N5O2/c21-7-10-1-2-12-11(5-10)6-20(3-4-22-12)15-13-14(17-8-16-13)18-9-19-15/h1-2,5,8-9,21H,3-4,6-7H2,(H,16,17,18,19). The van der Waals surface area contributed by atoms with Crippen LogP contribution in [0.2, 0.25) is 0 Å². The van der Waals surface area contributed by atoms with Crippen LogP contribution in [-0.4, -0.2) is 38.2 Å². The van der Waals surface area contributed by atoms with Crippen molar-refractivity contribution in [1.82, 2.24) is 19.9 Å². The van der Waals surface area contributed by atoms with E-state index in [1.54, 1.807) is 6.33 Å². The zero-order chi connectivity index (χ0) is 14.9. The Hall–Kier alpha value is -2.67. The second kappa shape index (κ2) is 5.27. The predicted molar refractivity (Wildman–Crippen MR) is 80.6 cm³/mol. The fraction of sp³-hybridized carbons (Fsp3) is 0.267. The zero-order valence-corrected chi connectivity index (χ0v) is 11.9. The third-order valence-electron chi connectivity index (χ3n) is 3.79. The average molecular weight is 297 g/mol. The normalized spacial score (nSPS) is 14.5. The Balaban J connectivity index is 1.75. The number of benzene rings is 1. The summed E-state index contributed by atoms with van der Waals surface area (Å²) in [5.74, 6) is 1.67. The van der Waals surface area contributed by atoms with Gasteiger partial charge in [-0.1, -0.05) is 6.07 Å². The molecule has 2 N–H and O–H groups in total. The lowest BCUT2D eigenvalue weighted by Gasteiger charge is -2.21. The fourth-order valence-corrected chi connectivity index (χ4v) is 2.72. The highest BCUT2D eigenvalue weighted by molar-refractivity contribution is 5.82. The molecule has 0 saturated heterocycles. The first-order valence-corrected chi connectivity index (χ1v) is 7.09. The number of fused-ring (bicyclic) bond motifs is 2. The highest BCUT2D eigenvalue weighted by atomic mass is 16.5. The molecule has 0 unspecified atom stereocenters. The summed E-state index contributed by atoms with van der Waals surface area (Å²) in [6.07, 6.45) is 3.14. The molecule has 0 radical (unpaired) electrons. The van der Waals surface area contributed by atoms with Gasteiger partial charge in [-0.3, -0.25) is 0 Å². The quantitative estimate of drug-likeness (QED) is 0.740. The molecule has 7 nitrogen and oxygen atoms in total. The van der Waals surface area contributed by atoms with Crippen molar-refractivity contribution in [3.05, 3.63) is 42.0 Å². The highest BCUT2D eigenvalue weighted by Gasteiger charge is 2.19. The van der Waals surface area contributed by atoms with Gasteiger partial charge in [0, 0.05) is 12.1 Å². The zero-order valence-electron chi connectivity index (χ0n) is 11.9. The van der Waals surface area contributed by atoms with E-state index in [0.717, 1.165) is 28.2 Å². The molecule has 112 valence electrons. The van der Waals surface area contributed by atoms with E-state index in [1.807, 2.05) is 18.2 Å². The molecule has 0 amide bonds. The van der Waals surface area contributed by atoms with Crippen LogP contribution >= 0.6 is 0 Å². The van der Waals surface area contributed by atoms with Crippen molar-refractivity contribution in [1.29, 1.82) is 0 Å². The maximum absolute atomic E-state index is 9.32. The molecule has 3 heterocycles. The van der Waals surface area contributed by atoms with E-state index in [1.165, 1.54) is 6.33 Å². The minimum absolute atomic E-state index is 0.0194. The highest BCUT2D eigenvalue weighted by Crippen LogP contribution is 2.28. The minimum Gasteiger partial charge on any atom is -0.491 e. The summed E-state index contributed by atoms with van der Waals surface area (Å²) in [6, 6.07) is 5.77. The molecule has 22 heavy (non-hydrogen) atoms. The Bertz CT molecular complexity index is 817. The Labute approximate surface area is 126 Å². The predicted octanol–water partition coefficient (Wildman–Crippen LogP) is 1.24. The van der Waals surface area contributed by atoms with E-state index in [4.69, 9.17) is 4.74 Å². The summed E-state index contributed by atoms with van der Waals surface area (Å²) >= 11 is 0. The molecule has 1 aromatic carbocycles. The molecular formula is C15H15N5O2. The van der Waals surface area contributed by atoms with Crippen LogP contribution in [0, 0.1) is 0 Å². The van der Waals surface area contributed by atoms with E-state index in [9.17, 15) is 5.11 Å². The first-order valence-electron chi connectivity index (χ1n) is 7.09. The van der Waals surface area contributed by atoms with Crippen LogP contribution in [0.3, 0.4) is 0 Å². The molecule has 0 fully saturated rings. The smallest absolute Gasteiger partial charge is 0.182 e. The molecule has 0 saturated carbocycles. The first-order chi connectivity index (χ1) is 10.8. The van der Waals surface area contributed by atoms with Crippen molar-refractivity contribution in [2.75, 3.05) is 18.1 Å². The number of anilines is 1. The van der Waals surface area contributed by atoms with Crippen LogP contribution in [0.1, 0.15) is 11.1 Å². The Morgan fingerprint density at radius 2 is 2.23 bits per heavy atom. The largest absolute Gasteiger partial charge is 0.491 e. The monoisotopic (exact) mass is 297 g/mol. The molecule has 0 spiro atoms. The summed E-state index contributed by atoms with van der Waals surface area (Å²) in [6.45, 7) is 1.97. The van der Waals surface area contributed by atoms with Gasteiger partial charge in [-0.05, 0) is 17.7 Å². The molecule has 0 atom stereocenters. The lowest BCUT2D eigenvalue weighted by Crippen LogP contribution is -2.26. The van der Waals surface area contributed by atoms with Crippen molar-refractivity contribution in [3.8, 4) is 5.75 Å². The van der Waals surface area contributed by atoms with E-state index < -0.39 is 0 Å². The molecule has 1 aliphatic heterocycles. The first kappa shape index (κ1) is 13.0. The van der Waals surface area contributed by atoms with E-state index in [-0.39, 0.29) is 6.61 Å². The summed E-state index contributed by atoms with van der Waals surface area (Å²) < 4.78 is 5.80. The number of nitrogens with one attached hydrogen (secondary N) is 1. The molecule has 1 aliphatic rings. The van der Waals surface area contributed by atoms with E-state index in [0.29, 0.717) is 25.3 Å². The topological polar surface area (TPSA) is 87.2 Å². The number of nitrogens with zero attached hydrogens (tertiary/aromatic N) is 4. The number of H-pyrrole nitrogens is 1. The van der Waals surface area contributed by atoms with Crippen LogP contribution in [0.5, 0.6) is 5.75 Å². The van der Waals surface area contributed by atoms with Gasteiger partial charge in [0.25, 0.3) is 0 Å². The summed E-state index contributed by atoms with van der Waals surface area (Å²) in [5, 5.41) is 9.32. The van der Waals surface area contributed by atoms with Crippen LogP contribution in [0.15, 0.2) is 30.9 Å². The SMILES string of the molecule is OCc1ccc2c(c1)CN(c1ncnc3nc[nH]c13)CCO2. The number of hydrogen-bond donors (Lipinski definition) is 2. The van der Waals surface area contributed by atoms with E-state index >= 15 is 0 Å². The molecular weight excluding hydrogens is 282 g/mol. The van der Waals surface area contributed by atoms with Gasteiger partial charge in [0.05, 0.1) is 19.5 Å². The number of aliphatic hydroxyl groups excluding tert-OH is 1. The Morgan fingerprint density at radius 3 is 3.14 bits per heavy atom. The number of ether oxygens (including phenoxy) is 1. The maximum Gasteiger partial charge on any atom is 0.182 e. The number of aromatic amines is 1. The van der Waals surface area contributed by atoms with Crippen molar-refractivity contribution < 1.29 is 9.84 Å². The molecule has 4 rings (SSSR count). The van der Waals surface area contributed by atoms with E-state index in [2.05, 4.69) is 24.8 Å². The Kier molecular flexibility index (Phi) is 3.12. The van der Waals surface area contributed by atoms with Crippen LogP contribution < -0.4 is 9.64 Å². The van der Waals surface area contributed by atoms with Crippen LogP contribution in [-0.2, 0) is 13.2 Å². The van der Waals surface area contributed by atoms with Gasteiger partial charge in [0.1, 0.15) is 24.2 Å². The van der Waals surface area contributed by atoms with Crippen LogP contribution in [0.4, 0.5) is 5.82 Å². The third kappa shape index (κ3) is 2.15. The van der Waals surface area contributed by atoms with Gasteiger partial charge in [-0.2, -0.15) is 0 Å². The van der Waals surface area contributed by atoms with Crippen molar-refractivity contribution in [3.63, 3.8) is 0 Å². The number of imidazole rings is 1. The summed E-state index contributed by atoms with van der Waals surface area (Å²) in [4.78, 5) is 17.9. The fourth-order valence-electron chi connectivity index (χ4n) is 2.72. The number of aliphatic hydroxyl groups is 1. The van der Waals surface area contributed by atoms with Gasteiger partial charge < -0.3 is 19.7 Å². The molecule has 7 heteroatoms. The van der Waals surface area contributed by atoms with Crippen molar-refractivity contribution in [2.45, 2.75) is 13.2 Å². The molecule has 2 aromatic heterocycles. The van der Waals surface area contributed by atoms with Crippen molar-refractivity contribution in [2.24, 2.45) is 0 Å². The average Bonchev–Trinajstić information content (AvgIpc) is 2.93. The molecule has 0 bridgehead atoms. The molecule has 3 aromatic rings. The van der Waals surface area contributed by atoms with Gasteiger partial charge in [0.15, 0.2) is 11.5 Å². The lowest BCUT2D eigenvalue weighted by atomic mass is 10.1. The summed E-state index contributed by atoms with van der Waals surface area (Å²) in [5.41, 5.74) is 3.39. The molecule has 0 aliphatic carbocycles. The number of rotatable bonds is 2. The van der Waals surface area contributed by atoms with Crippen LogP contribution in [0.25, 0.3) is 11.2 Å². The minimum atomic E-state index is 0.0194. The third-order valence-corrected chi connectivity index (χ3v) is 3.79. The maximum atomic E-state index is 9.32. The van der Waals surface area contributed by atoms with Gasteiger partial charge in [-0.25, -0.2) is 15.0 Å². The van der Waals surface area contributed by atoms with Gasteiger partial charge in [-0.15, -0.1) is 0 Å². The summed E-state index contributed by atoms with van der Waals surface area (Å²) in [7, 11) is 0. The van der Waals surface area contributed by atoms with Gasteiger partial charge >= 0.3 is 0 Å². The number of hydrogen-bond acceptors (Lipinski definition) is 6. The second-order valence-electron chi connectivity index (χ2n) is 5.17.